The summed E-state index contributed by atoms with van der Waals surface area (Å²) in [6.45, 7) is 4.00. The Labute approximate surface area is 223 Å². The summed E-state index contributed by atoms with van der Waals surface area (Å²) in [5, 5.41) is 54.9. The monoisotopic (exact) mass is 539 g/mol. The molecule has 0 atom stereocenters. The molecule has 0 radical (unpaired) electrons. The topological polar surface area (TPSA) is 189 Å². The van der Waals surface area contributed by atoms with Crippen LogP contribution in [0.25, 0.3) is 5.52 Å². The van der Waals surface area contributed by atoms with Gasteiger partial charge in [0, 0.05) is 24.1 Å². The number of fused-ring (bicyclic) bond motifs is 1. The molecule has 0 amide bonds. The highest BCUT2D eigenvalue weighted by Crippen LogP contribution is 2.41. The second-order valence-electron chi connectivity index (χ2n) is 7.66. The first-order valence-corrected chi connectivity index (χ1v) is 12.1. The van der Waals surface area contributed by atoms with Crippen LogP contribution in [-0.4, -0.2) is 56.0 Å². The summed E-state index contributed by atoms with van der Waals surface area (Å²) >= 11 is 0. The number of aliphatic hydroxyl groups excluding tert-OH is 2. The van der Waals surface area contributed by atoms with Gasteiger partial charge in [0.15, 0.2) is 0 Å². The fourth-order valence-electron chi connectivity index (χ4n) is 3.58. The van der Waals surface area contributed by atoms with E-state index in [2.05, 4.69) is 21.0 Å². The zero-order valence-electron chi connectivity index (χ0n) is 21.3. The largest absolute Gasteiger partial charge is 0.473 e. The zero-order chi connectivity index (χ0) is 28.4. The molecule has 0 bridgehead atoms. The van der Waals surface area contributed by atoms with Crippen molar-refractivity contribution < 1.29 is 24.8 Å². The van der Waals surface area contributed by atoms with Gasteiger partial charge < -0.3 is 30.9 Å². The molecule has 14 heteroatoms. The third-order valence-corrected chi connectivity index (χ3v) is 5.21. The highest BCUT2D eigenvalue weighted by atomic mass is 16.6. The van der Waals surface area contributed by atoms with E-state index in [1.165, 1.54) is 10.6 Å². The molecule has 0 unspecified atom stereocenters. The molecule has 4 aromatic rings. The van der Waals surface area contributed by atoms with Crippen LogP contribution in [0.4, 0.5) is 39.8 Å². The zero-order valence-corrected chi connectivity index (χ0v) is 21.3. The van der Waals surface area contributed by atoms with Gasteiger partial charge in [0.1, 0.15) is 23.7 Å². The molecule has 2 heterocycles. The predicted octanol–water partition coefficient (Wildman–Crippen LogP) is 4.44. The Bertz CT molecular complexity index is 1420. The third-order valence-electron chi connectivity index (χ3n) is 5.21. The van der Waals surface area contributed by atoms with Crippen LogP contribution >= 0.6 is 0 Å². The highest BCUT2D eigenvalue weighted by Gasteiger charge is 2.27. The minimum absolute atomic E-state index is 0.0171. The van der Waals surface area contributed by atoms with E-state index < -0.39 is 21.2 Å². The van der Waals surface area contributed by atoms with Crippen molar-refractivity contribution in [1.82, 2.24) is 9.61 Å². The number of hydrogen-bond acceptors (Lipinski definition) is 11. The van der Waals surface area contributed by atoms with Gasteiger partial charge >= 0.3 is 0 Å². The second kappa shape index (κ2) is 13.6. The Hall–Kier alpha value is -4.95. The lowest BCUT2D eigenvalue weighted by atomic mass is 10.1. The number of benzene rings is 2. The second-order valence-corrected chi connectivity index (χ2v) is 7.66. The van der Waals surface area contributed by atoms with Crippen molar-refractivity contribution in [2.24, 2.45) is 0 Å². The van der Waals surface area contributed by atoms with E-state index in [0.717, 1.165) is 11.8 Å². The van der Waals surface area contributed by atoms with E-state index in [1.54, 1.807) is 48.7 Å². The maximum Gasteiger partial charge on any atom is 0.299 e. The number of nitrogens with zero attached hydrogens (tertiary/aromatic N) is 4. The van der Waals surface area contributed by atoms with Crippen LogP contribution in [0.3, 0.4) is 0 Å². The van der Waals surface area contributed by atoms with E-state index in [0.29, 0.717) is 17.7 Å². The number of hydrogen-bond donors (Lipinski definition) is 5. The number of rotatable bonds is 12. The third kappa shape index (κ3) is 6.88. The normalized spacial score (nSPS) is 10.4. The summed E-state index contributed by atoms with van der Waals surface area (Å²) in [5.41, 5.74) is 1.03. The molecule has 206 valence electrons. The van der Waals surface area contributed by atoms with Gasteiger partial charge in [0.25, 0.3) is 17.3 Å². The minimum Gasteiger partial charge on any atom is -0.473 e. The van der Waals surface area contributed by atoms with Gasteiger partial charge in [-0.3, -0.25) is 20.2 Å². The van der Waals surface area contributed by atoms with Crippen LogP contribution < -0.4 is 20.7 Å². The Kier molecular flexibility index (Phi) is 9.94. The molecule has 0 aliphatic carbocycles. The number of nitro groups is 2. The average Bonchev–Trinajstić information content (AvgIpc) is 3.29. The number of aromatic nitrogens is 2. The van der Waals surface area contributed by atoms with Gasteiger partial charge in [0.2, 0.25) is 0 Å². The van der Waals surface area contributed by atoms with Crippen LogP contribution in [0.5, 0.6) is 5.88 Å². The van der Waals surface area contributed by atoms with Gasteiger partial charge in [-0.1, -0.05) is 19.9 Å². The van der Waals surface area contributed by atoms with Gasteiger partial charge in [-0.2, -0.15) is 0 Å². The summed E-state index contributed by atoms with van der Waals surface area (Å²) in [5.74, 6) is 0.0911. The molecule has 5 N–H and O–H groups in total. The SMILES string of the molecule is CC.O=[N+]([O-])c1cc([N+](=O)[O-])c(Nc2c(OCCO)nn3ccccc23)cc1Nc1ccc(NCCO)cc1. The van der Waals surface area contributed by atoms with E-state index in [9.17, 15) is 20.2 Å². The summed E-state index contributed by atoms with van der Waals surface area (Å²) in [6.07, 6.45) is 1.66. The van der Waals surface area contributed by atoms with Gasteiger partial charge in [-0.25, -0.2) is 4.52 Å². The van der Waals surface area contributed by atoms with E-state index >= 15 is 0 Å². The smallest absolute Gasteiger partial charge is 0.299 e. The minimum atomic E-state index is -0.722. The number of pyridine rings is 1. The summed E-state index contributed by atoms with van der Waals surface area (Å²) in [4.78, 5) is 22.2. The van der Waals surface area contributed by atoms with Gasteiger partial charge in [0.05, 0.1) is 34.6 Å². The van der Waals surface area contributed by atoms with Crippen molar-refractivity contribution in [3.63, 3.8) is 0 Å². The van der Waals surface area contributed by atoms with Crippen molar-refractivity contribution >= 4 is 45.3 Å². The Morgan fingerprint density at radius 1 is 0.897 bits per heavy atom. The molecule has 0 saturated carbocycles. The van der Waals surface area contributed by atoms with E-state index in [-0.39, 0.29) is 42.8 Å². The highest BCUT2D eigenvalue weighted by molar-refractivity contribution is 5.88. The molecule has 0 saturated heterocycles. The molecule has 0 spiro atoms. The molecule has 39 heavy (non-hydrogen) atoms. The summed E-state index contributed by atoms with van der Waals surface area (Å²) < 4.78 is 7.01. The molecule has 0 fully saturated rings. The summed E-state index contributed by atoms with van der Waals surface area (Å²) in [7, 11) is 0. The van der Waals surface area contributed by atoms with E-state index in [1.807, 2.05) is 13.8 Å². The molecule has 2 aromatic carbocycles. The van der Waals surface area contributed by atoms with Crippen molar-refractivity contribution in [3.8, 4) is 5.88 Å². The Balaban J connectivity index is 0.00000205. The number of aliphatic hydroxyl groups is 2. The fraction of sp³-hybridized carbons (Fsp3) is 0.240. The number of ether oxygens (including phenoxy) is 1. The van der Waals surface area contributed by atoms with Crippen LogP contribution in [-0.2, 0) is 0 Å². The first-order valence-electron chi connectivity index (χ1n) is 12.1. The maximum atomic E-state index is 11.9. The standard InChI is InChI=1S/C23H23N7O7.C2H6/c31-10-8-24-15-4-6-16(7-5-15)25-17-13-18(21(30(35)36)14-20(17)29(33)34)26-22-19-3-1-2-9-28(19)27-23(22)37-12-11-32;1-2/h1-7,9,13-14,24-26,31-32H,8,10-12H2;1-2H3. The van der Waals surface area contributed by atoms with E-state index in [4.69, 9.17) is 14.9 Å². The first kappa shape index (κ1) is 28.6. The lowest BCUT2D eigenvalue weighted by Crippen LogP contribution is -2.06. The quantitative estimate of drug-likeness (QED) is 0.126. The molecule has 0 aliphatic rings. The van der Waals surface area contributed by atoms with Gasteiger partial charge in [-0.15, -0.1) is 5.10 Å². The van der Waals surface area contributed by atoms with Crippen molar-refractivity contribution in [1.29, 1.82) is 0 Å². The lowest BCUT2D eigenvalue weighted by molar-refractivity contribution is -0.393. The number of nitrogens with one attached hydrogen (secondary N) is 3. The predicted molar refractivity (Wildman–Crippen MR) is 147 cm³/mol. The Morgan fingerprint density at radius 2 is 1.54 bits per heavy atom. The molecular weight excluding hydrogens is 510 g/mol. The van der Waals surface area contributed by atoms with Gasteiger partial charge in [-0.05, 0) is 42.5 Å². The molecule has 14 nitrogen and oxygen atoms in total. The Morgan fingerprint density at radius 3 is 2.15 bits per heavy atom. The maximum absolute atomic E-state index is 11.9. The molecule has 0 aliphatic heterocycles. The van der Waals surface area contributed by atoms with Crippen LogP contribution in [0, 0.1) is 20.2 Å². The lowest BCUT2D eigenvalue weighted by Gasteiger charge is -2.13. The number of anilines is 5. The number of nitro benzene ring substituents is 2. The van der Waals surface area contributed by atoms with Crippen molar-refractivity contribution in [2.75, 3.05) is 42.3 Å². The summed E-state index contributed by atoms with van der Waals surface area (Å²) in [6, 6.07) is 14.1. The fourth-order valence-corrected chi connectivity index (χ4v) is 3.58. The van der Waals surface area contributed by atoms with Crippen molar-refractivity contribution in [3.05, 3.63) is 81.0 Å². The van der Waals surface area contributed by atoms with Crippen molar-refractivity contribution in [2.45, 2.75) is 13.8 Å². The molecule has 4 rings (SSSR count). The molecular formula is C25H29N7O7. The first-order chi connectivity index (χ1) is 18.9. The molecule has 2 aromatic heterocycles. The van der Waals surface area contributed by atoms with Crippen LogP contribution in [0.2, 0.25) is 0 Å². The average molecular weight is 540 g/mol. The van der Waals surface area contributed by atoms with Crippen LogP contribution in [0.15, 0.2) is 60.8 Å². The van der Waals surface area contributed by atoms with Crippen LogP contribution in [0.1, 0.15) is 13.8 Å².